The van der Waals surface area contributed by atoms with Crippen LogP contribution in [0.25, 0.3) is 0 Å². The Morgan fingerprint density at radius 3 is 2.53 bits per heavy atom. The number of carbonyl (C=O) groups excluding carboxylic acids is 1. The van der Waals surface area contributed by atoms with E-state index in [0.717, 1.165) is 21.5 Å². The van der Waals surface area contributed by atoms with Crippen LogP contribution in [-0.4, -0.2) is 16.5 Å². The van der Waals surface area contributed by atoms with Crippen LogP contribution in [0.15, 0.2) is 52.0 Å². The highest BCUT2D eigenvalue weighted by Crippen LogP contribution is 2.18. The molecule has 2 aromatic rings. The number of carbonyl (C=O) groups is 1. The average molecular weight is 336 g/mol. The predicted molar refractivity (Wildman–Crippen MR) is 82.8 cm³/mol. The molecule has 0 saturated carbocycles. The van der Waals surface area contributed by atoms with Gasteiger partial charge in [0, 0.05) is 26.8 Å². The summed E-state index contributed by atoms with van der Waals surface area (Å²) >= 11 is 5.10. The smallest absolute Gasteiger partial charge is 0.168 e. The third kappa shape index (κ3) is 4.18. The minimum absolute atomic E-state index is 0.0999. The van der Waals surface area contributed by atoms with Crippen LogP contribution in [0.3, 0.4) is 0 Å². The molecule has 0 aliphatic rings. The molecule has 0 unspecified atom stereocenters. The Labute approximate surface area is 125 Å². The molecule has 2 rings (SSSR count). The molecule has 98 valence electrons. The lowest BCUT2D eigenvalue weighted by Gasteiger charge is -2.03. The van der Waals surface area contributed by atoms with Crippen molar-refractivity contribution in [2.24, 2.45) is 0 Å². The fourth-order valence-corrected chi connectivity index (χ4v) is 2.58. The molecule has 4 heteroatoms. The Hall–Kier alpha value is -1.13. The molecule has 0 fully saturated rings. The van der Waals surface area contributed by atoms with E-state index in [0.29, 0.717) is 6.42 Å². The van der Waals surface area contributed by atoms with Crippen molar-refractivity contribution in [1.29, 1.82) is 0 Å². The van der Waals surface area contributed by atoms with Crippen molar-refractivity contribution < 1.29 is 4.79 Å². The van der Waals surface area contributed by atoms with Gasteiger partial charge in [-0.3, -0.25) is 9.78 Å². The van der Waals surface area contributed by atoms with Crippen LogP contribution in [-0.2, 0) is 6.42 Å². The van der Waals surface area contributed by atoms with Gasteiger partial charge in [-0.25, -0.2) is 0 Å². The highest BCUT2D eigenvalue weighted by atomic mass is 79.9. The second kappa shape index (κ2) is 6.87. The molecule has 0 aliphatic heterocycles. The molecule has 0 radical (unpaired) electrons. The average Bonchev–Trinajstić information content (AvgIpc) is 2.42. The summed E-state index contributed by atoms with van der Waals surface area (Å²) in [6.45, 7) is 2.11. The zero-order valence-electron chi connectivity index (χ0n) is 10.6. The number of ketones is 1. The topological polar surface area (TPSA) is 30.0 Å². The molecule has 0 atom stereocenters. The molecule has 0 bridgehead atoms. The highest BCUT2D eigenvalue weighted by molar-refractivity contribution is 9.10. The fourth-order valence-electron chi connectivity index (χ4n) is 1.68. The fraction of sp³-hybridized carbons (Fsp3) is 0.200. The number of hydrogen-bond acceptors (Lipinski definition) is 3. The normalized spacial score (nSPS) is 10.4. The van der Waals surface area contributed by atoms with Gasteiger partial charge in [-0.15, -0.1) is 11.8 Å². The molecule has 1 aromatic heterocycles. The second-order valence-electron chi connectivity index (χ2n) is 4.03. The molecule has 0 spiro atoms. The van der Waals surface area contributed by atoms with Crippen molar-refractivity contribution in [3.05, 3.63) is 58.3 Å². The summed E-state index contributed by atoms with van der Waals surface area (Å²) in [7, 11) is 0. The molecule has 0 saturated heterocycles. The number of Topliss-reactive ketones (excluding diaryl/α,β-unsaturated/α-hetero) is 1. The van der Waals surface area contributed by atoms with Crippen LogP contribution in [0.4, 0.5) is 0 Å². The Kier molecular flexibility index (Phi) is 5.16. The summed E-state index contributed by atoms with van der Waals surface area (Å²) in [4.78, 5) is 17.5. The number of rotatable bonds is 5. The predicted octanol–water partition coefficient (Wildman–Crippen LogP) is 4.38. The first kappa shape index (κ1) is 14.3. The van der Waals surface area contributed by atoms with Crippen LogP contribution in [0.1, 0.15) is 23.0 Å². The van der Waals surface area contributed by atoms with Crippen molar-refractivity contribution in [2.45, 2.75) is 18.2 Å². The Morgan fingerprint density at radius 1 is 1.21 bits per heavy atom. The van der Waals surface area contributed by atoms with Crippen molar-refractivity contribution >= 4 is 33.5 Å². The minimum Gasteiger partial charge on any atom is -0.294 e. The van der Waals surface area contributed by atoms with Gasteiger partial charge in [-0.2, -0.15) is 0 Å². The minimum atomic E-state index is 0.0999. The van der Waals surface area contributed by atoms with Gasteiger partial charge >= 0.3 is 0 Å². The standard InChI is InChI=1S/C15H14BrNOS/c1-2-19-14-7-3-11(4-8-14)15(18)9-13-6-5-12(16)10-17-13/h3-8,10H,2,9H2,1H3. The van der Waals surface area contributed by atoms with E-state index in [1.165, 1.54) is 4.90 Å². The first-order valence-electron chi connectivity index (χ1n) is 6.05. The van der Waals surface area contributed by atoms with Crippen LogP contribution in [0.5, 0.6) is 0 Å². The van der Waals surface area contributed by atoms with Crippen LogP contribution in [0.2, 0.25) is 0 Å². The summed E-state index contributed by atoms with van der Waals surface area (Å²) in [5.74, 6) is 1.14. The molecule has 0 amide bonds. The number of nitrogens with zero attached hydrogens (tertiary/aromatic N) is 1. The number of benzene rings is 1. The summed E-state index contributed by atoms with van der Waals surface area (Å²) in [5, 5.41) is 0. The number of aromatic nitrogens is 1. The van der Waals surface area contributed by atoms with Crippen molar-refractivity contribution in [2.75, 3.05) is 5.75 Å². The van der Waals surface area contributed by atoms with E-state index in [4.69, 9.17) is 0 Å². The third-order valence-corrected chi connectivity index (χ3v) is 3.98. The maximum Gasteiger partial charge on any atom is 0.168 e. The van der Waals surface area contributed by atoms with Crippen LogP contribution >= 0.6 is 27.7 Å². The van der Waals surface area contributed by atoms with Crippen molar-refractivity contribution in [3.63, 3.8) is 0 Å². The molecule has 0 N–H and O–H groups in total. The van der Waals surface area contributed by atoms with E-state index in [9.17, 15) is 4.79 Å². The number of hydrogen-bond donors (Lipinski definition) is 0. The number of halogens is 1. The van der Waals surface area contributed by atoms with Gasteiger partial charge < -0.3 is 0 Å². The molecule has 2 nitrogen and oxygen atoms in total. The van der Waals surface area contributed by atoms with Crippen LogP contribution in [0, 0.1) is 0 Å². The number of thioether (sulfide) groups is 1. The van der Waals surface area contributed by atoms with Gasteiger partial charge in [0.05, 0.1) is 6.42 Å². The third-order valence-electron chi connectivity index (χ3n) is 2.62. The lowest BCUT2D eigenvalue weighted by molar-refractivity contribution is 0.0992. The SMILES string of the molecule is CCSc1ccc(C(=O)Cc2ccc(Br)cn2)cc1. The van der Waals surface area contributed by atoms with Crippen LogP contribution < -0.4 is 0 Å². The lowest BCUT2D eigenvalue weighted by Crippen LogP contribution is -2.04. The van der Waals surface area contributed by atoms with E-state index in [1.54, 1.807) is 18.0 Å². The Morgan fingerprint density at radius 2 is 1.95 bits per heavy atom. The Bertz CT molecular complexity index is 551. The number of pyridine rings is 1. The highest BCUT2D eigenvalue weighted by Gasteiger charge is 2.08. The van der Waals surface area contributed by atoms with E-state index in [2.05, 4.69) is 27.8 Å². The van der Waals surface area contributed by atoms with Gasteiger partial charge in [0.2, 0.25) is 0 Å². The summed E-state index contributed by atoms with van der Waals surface area (Å²) < 4.78 is 0.921. The molecule has 19 heavy (non-hydrogen) atoms. The first-order chi connectivity index (χ1) is 9.19. The quantitative estimate of drug-likeness (QED) is 0.599. The van der Waals surface area contributed by atoms with Gasteiger partial charge in [-0.1, -0.05) is 19.1 Å². The van der Waals surface area contributed by atoms with E-state index < -0.39 is 0 Å². The second-order valence-corrected chi connectivity index (χ2v) is 6.28. The summed E-state index contributed by atoms with van der Waals surface area (Å²) in [6.07, 6.45) is 2.05. The first-order valence-corrected chi connectivity index (χ1v) is 7.83. The largest absolute Gasteiger partial charge is 0.294 e. The van der Waals surface area contributed by atoms with Gasteiger partial charge in [-0.05, 0) is 45.9 Å². The maximum absolute atomic E-state index is 12.1. The molecular weight excluding hydrogens is 322 g/mol. The zero-order valence-corrected chi connectivity index (χ0v) is 13.0. The van der Waals surface area contributed by atoms with Gasteiger partial charge in [0.15, 0.2) is 5.78 Å². The monoisotopic (exact) mass is 335 g/mol. The summed E-state index contributed by atoms with van der Waals surface area (Å²) in [5.41, 5.74) is 1.53. The van der Waals surface area contributed by atoms with E-state index in [-0.39, 0.29) is 5.78 Å². The lowest BCUT2D eigenvalue weighted by atomic mass is 10.1. The van der Waals surface area contributed by atoms with Crippen molar-refractivity contribution in [3.8, 4) is 0 Å². The van der Waals surface area contributed by atoms with Gasteiger partial charge in [0.25, 0.3) is 0 Å². The molecule has 1 aromatic carbocycles. The molecular formula is C15H14BrNOS. The maximum atomic E-state index is 12.1. The van der Waals surface area contributed by atoms with Gasteiger partial charge in [0.1, 0.15) is 0 Å². The van der Waals surface area contributed by atoms with E-state index >= 15 is 0 Å². The molecule has 0 aliphatic carbocycles. The van der Waals surface area contributed by atoms with E-state index in [1.807, 2.05) is 36.4 Å². The Balaban J connectivity index is 2.05. The summed E-state index contributed by atoms with van der Waals surface area (Å²) in [6, 6.07) is 11.5. The van der Waals surface area contributed by atoms with Crippen molar-refractivity contribution in [1.82, 2.24) is 4.98 Å². The zero-order chi connectivity index (χ0) is 13.7. The molecule has 1 heterocycles.